The summed E-state index contributed by atoms with van der Waals surface area (Å²) in [4.78, 5) is 13.3. The lowest BCUT2D eigenvalue weighted by Gasteiger charge is -2.22. The van der Waals surface area contributed by atoms with Gasteiger partial charge in [0.1, 0.15) is 5.75 Å². The van der Waals surface area contributed by atoms with Crippen LogP contribution in [-0.4, -0.2) is 30.8 Å². The van der Waals surface area contributed by atoms with Crippen LogP contribution in [0, 0.1) is 0 Å². The molecule has 0 aliphatic carbocycles. The largest absolute Gasteiger partial charge is 0.508 e. The number of hydrogen-bond donors (Lipinski definition) is 3. The van der Waals surface area contributed by atoms with Crippen molar-refractivity contribution in [3.63, 3.8) is 0 Å². The quantitative estimate of drug-likeness (QED) is 0.759. The Bertz CT molecular complexity index is 444. The molecule has 5 heteroatoms. The SMILES string of the molecule is CCN(CC)c1ccc([C@H]2CNC(=O)N2)c(O)c1. The highest BCUT2D eigenvalue weighted by atomic mass is 16.3. The molecule has 2 rings (SSSR count). The molecule has 1 aliphatic heterocycles. The summed E-state index contributed by atoms with van der Waals surface area (Å²) in [6.07, 6.45) is 0. The molecule has 0 aromatic heterocycles. The van der Waals surface area contributed by atoms with E-state index in [0.29, 0.717) is 6.54 Å². The zero-order chi connectivity index (χ0) is 13.1. The molecular weight excluding hydrogens is 230 g/mol. The third-order valence-electron chi connectivity index (χ3n) is 3.29. The average molecular weight is 249 g/mol. The van der Waals surface area contributed by atoms with E-state index < -0.39 is 0 Å². The maximum atomic E-state index is 11.1. The number of phenolic OH excluding ortho intramolecular Hbond substituents is 1. The van der Waals surface area contributed by atoms with E-state index >= 15 is 0 Å². The molecule has 1 aliphatic rings. The first-order valence-corrected chi connectivity index (χ1v) is 6.28. The fraction of sp³-hybridized carbons (Fsp3) is 0.462. The molecule has 1 aromatic rings. The number of nitrogens with one attached hydrogen (secondary N) is 2. The summed E-state index contributed by atoms with van der Waals surface area (Å²) in [6.45, 7) is 6.47. The maximum Gasteiger partial charge on any atom is 0.315 e. The normalized spacial score (nSPS) is 18.3. The van der Waals surface area contributed by atoms with Crippen LogP contribution in [-0.2, 0) is 0 Å². The molecule has 1 fully saturated rings. The molecule has 0 bridgehead atoms. The van der Waals surface area contributed by atoms with Crippen molar-refractivity contribution in [2.24, 2.45) is 0 Å². The molecule has 18 heavy (non-hydrogen) atoms. The molecule has 1 atom stereocenters. The first-order valence-electron chi connectivity index (χ1n) is 6.28. The van der Waals surface area contributed by atoms with Crippen molar-refractivity contribution in [1.82, 2.24) is 10.6 Å². The predicted molar refractivity (Wildman–Crippen MR) is 70.9 cm³/mol. The van der Waals surface area contributed by atoms with Crippen LogP contribution >= 0.6 is 0 Å². The van der Waals surface area contributed by atoms with Gasteiger partial charge < -0.3 is 20.6 Å². The van der Waals surface area contributed by atoms with Crippen LogP contribution < -0.4 is 15.5 Å². The van der Waals surface area contributed by atoms with Crippen LogP contribution in [0.3, 0.4) is 0 Å². The van der Waals surface area contributed by atoms with Gasteiger partial charge in [0.05, 0.1) is 6.04 Å². The summed E-state index contributed by atoms with van der Waals surface area (Å²) in [5.74, 6) is 0.230. The van der Waals surface area contributed by atoms with Gasteiger partial charge in [-0.1, -0.05) is 6.07 Å². The number of anilines is 1. The number of amides is 2. The standard InChI is InChI=1S/C13H19N3O2/c1-3-16(4-2)9-5-6-10(12(17)7-9)11-8-14-13(18)15-11/h5-7,11,17H,3-4,8H2,1-2H3,(H2,14,15,18)/t11-/m1/s1. The molecule has 1 aromatic carbocycles. The van der Waals surface area contributed by atoms with Crippen molar-refractivity contribution in [2.45, 2.75) is 19.9 Å². The fourth-order valence-corrected chi connectivity index (χ4v) is 2.25. The third-order valence-corrected chi connectivity index (χ3v) is 3.29. The minimum atomic E-state index is -0.188. The predicted octanol–water partition coefficient (Wildman–Crippen LogP) is 1.59. The smallest absolute Gasteiger partial charge is 0.315 e. The van der Waals surface area contributed by atoms with Crippen LogP contribution in [0.5, 0.6) is 5.75 Å². The number of aromatic hydroxyl groups is 1. The molecule has 98 valence electrons. The molecule has 5 nitrogen and oxygen atoms in total. The Kier molecular flexibility index (Phi) is 3.60. The minimum Gasteiger partial charge on any atom is -0.508 e. The Morgan fingerprint density at radius 1 is 1.39 bits per heavy atom. The van der Waals surface area contributed by atoms with Crippen LogP contribution in [0.15, 0.2) is 18.2 Å². The highest BCUT2D eigenvalue weighted by Gasteiger charge is 2.24. The zero-order valence-electron chi connectivity index (χ0n) is 10.7. The van der Waals surface area contributed by atoms with E-state index in [0.717, 1.165) is 24.3 Å². The summed E-state index contributed by atoms with van der Waals surface area (Å²) < 4.78 is 0. The van der Waals surface area contributed by atoms with Crippen LogP contribution in [0.25, 0.3) is 0 Å². The summed E-state index contributed by atoms with van der Waals surface area (Å²) >= 11 is 0. The van der Waals surface area contributed by atoms with Crippen LogP contribution in [0.4, 0.5) is 10.5 Å². The Morgan fingerprint density at radius 3 is 2.61 bits per heavy atom. The molecule has 0 saturated carbocycles. The molecule has 1 saturated heterocycles. The Morgan fingerprint density at radius 2 is 2.11 bits per heavy atom. The van der Waals surface area contributed by atoms with Gasteiger partial charge in [0, 0.05) is 37.0 Å². The minimum absolute atomic E-state index is 0.150. The van der Waals surface area contributed by atoms with Gasteiger partial charge in [-0.05, 0) is 19.9 Å². The van der Waals surface area contributed by atoms with E-state index in [1.54, 1.807) is 6.07 Å². The van der Waals surface area contributed by atoms with Gasteiger partial charge in [-0.15, -0.1) is 0 Å². The van der Waals surface area contributed by atoms with Gasteiger partial charge in [0.2, 0.25) is 0 Å². The number of benzene rings is 1. The van der Waals surface area contributed by atoms with Crippen LogP contribution in [0.1, 0.15) is 25.5 Å². The number of urea groups is 1. The van der Waals surface area contributed by atoms with Crippen molar-refractivity contribution >= 4 is 11.7 Å². The van der Waals surface area contributed by atoms with E-state index in [1.807, 2.05) is 12.1 Å². The highest BCUT2D eigenvalue weighted by molar-refractivity contribution is 5.77. The Balaban J connectivity index is 2.22. The monoisotopic (exact) mass is 249 g/mol. The Labute approximate surface area is 107 Å². The number of carbonyl (C=O) groups excluding carboxylic acids is 1. The summed E-state index contributed by atoms with van der Waals surface area (Å²) in [6, 6.07) is 5.27. The molecule has 0 radical (unpaired) electrons. The first kappa shape index (κ1) is 12.5. The molecule has 0 unspecified atom stereocenters. The second kappa shape index (κ2) is 5.16. The maximum absolute atomic E-state index is 11.1. The van der Waals surface area contributed by atoms with Crippen molar-refractivity contribution in [3.05, 3.63) is 23.8 Å². The zero-order valence-corrected chi connectivity index (χ0v) is 10.7. The second-order valence-electron chi connectivity index (χ2n) is 4.32. The van der Waals surface area contributed by atoms with Gasteiger partial charge >= 0.3 is 6.03 Å². The average Bonchev–Trinajstić information content (AvgIpc) is 2.77. The lowest BCUT2D eigenvalue weighted by atomic mass is 10.1. The van der Waals surface area contributed by atoms with Gasteiger partial charge in [-0.25, -0.2) is 4.79 Å². The van der Waals surface area contributed by atoms with E-state index in [2.05, 4.69) is 29.4 Å². The number of hydrogen-bond acceptors (Lipinski definition) is 3. The van der Waals surface area contributed by atoms with Crippen molar-refractivity contribution < 1.29 is 9.90 Å². The van der Waals surface area contributed by atoms with Gasteiger partial charge in [-0.2, -0.15) is 0 Å². The van der Waals surface area contributed by atoms with Gasteiger partial charge in [-0.3, -0.25) is 0 Å². The van der Waals surface area contributed by atoms with Crippen molar-refractivity contribution in [3.8, 4) is 5.75 Å². The highest BCUT2D eigenvalue weighted by Crippen LogP contribution is 2.29. The van der Waals surface area contributed by atoms with Crippen molar-refractivity contribution in [2.75, 3.05) is 24.5 Å². The third kappa shape index (κ3) is 2.34. The van der Waals surface area contributed by atoms with Crippen molar-refractivity contribution in [1.29, 1.82) is 0 Å². The van der Waals surface area contributed by atoms with E-state index in [1.165, 1.54) is 0 Å². The number of nitrogens with zero attached hydrogens (tertiary/aromatic N) is 1. The molecular formula is C13H19N3O2. The van der Waals surface area contributed by atoms with Gasteiger partial charge in [0.15, 0.2) is 0 Å². The summed E-state index contributed by atoms with van der Waals surface area (Å²) in [5, 5.41) is 15.5. The number of phenols is 1. The topological polar surface area (TPSA) is 64.6 Å². The Hall–Kier alpha value is -1.91. The summed E-state index contributed by atoms with van der Waals surface area (Å²) in [7, 11) is 0. The van der Waals surface area contributed by atoms with E-state index in [4.69, 9.17) is 0 Å². The second-order valence-corrected chi connectivity index (χ2v) is 4.32. The lowest BCUT2D eigenvalue weighted by Crippen LogP contribution is -2.23. The lowest BCUT2D eigenvalue weighted by molar-refractivity contribution is 0.247. The molecule has 3 N–H and O–H groups in total. The van der Waals surface area contributed by atoms with Crippen LogP contribution in [0.2, 0.25) is 0 Å². The molecule has 1 heterocycles. The van der Waals surface area contributed by atoms with Gasteiger partial charge in [0.25, 0.3) is 0 Å². The number of carbonyl (C=O) groups is 1. The molecule has 0 spiro atoms. The summed E-state index contributed by atoms with van der Waals surface area (Å²) in [5.41, 5.74) is 1.75. The molecule has 2 amide bonds. The van der Waals surface area contributed by atoms with E-state index in [-0.39, 0.29) is 17.8 Å². The fourth-order valence-electron chi connectivity index (χ4n) is 2.25. The number of rotatable bonds is 4. The first-order chi connectivity index (χ1) is 8.65. The van der Waals surface area contributed by atoms with E-state index in [9.17, 15) is 9.90 Å².